The molecule has 1 unspecified atom stereocenters. The number of ether oxygens (including phenoxy) is 3. The summed E-state index contributed by atoms with van der Waals surface area (Å²) in [6.45, 7) is 6.27. The molecule has 1 atom stereocenters. The zero-order chi connectivity index (χ0) is 25.3. The molecule has 2 N–H and O–H groups in total. The molecule has 1 rings (SSSR count). The third-order valence-corrected chi connectivity index (χ3v) is 6.54. The fourth-order valence-corrected chi connectivity index (χ4v) is 4.62. The van der Waals surface area contributed by atoms with Gasteiger partial charge in [-0.05, 0) is 26.2 Å². The molecule has 194 valence electrons. The van der Waals surface area contributed by atoms with Crippen LogP contribution in [0, 0.1) is 0 Å². The van der Waals surface area contributed by atoms with E-state index in [9.17, 15) is 19.5 Å². The Balaban J connectivity index is 2.81. The lowest BCUT2D eigenvalue weighted by Crippen LogP contribution is -2.16. The van der Waals surface area contributed by atoms with E-state index in [4.69, 9.17) is 14.2 Å². The number of hydrogen-bond acceptors (Lipinski definition) is 7. The molecule has 0 spiro atoms. The smallest absolute Gasteiger partial charge is 0.412 e. The zero-order valence-electron chi connectivity index (χ0n) is 21.1. The summed E-state index contributed by atoms with van der Waals surface area (Å²) in [6.07, 6.45) is 10.3. The largest absolute Gasteiger partial charge is 0.478 e. The number of amides is 1. The summed E-state index contributed by atoms with van der Waals surface area (Å²) in [5.74, 6) is -1.88. The number of carboxylic acids is 1. The Bertz CT molecular complexity index is 763. The Morgan fingerprint density at radius 3 is 2.21 bits per heavy atom. The maximum Gasteiger partial charge on any atom is 0.412 e. The van der Waals surface area contributed by atoms with Crippen LogP contribution >= 0.6 is 11.3 Å². The first-order valence-electron chi connectivity index (χ1n) is 12.4. The molecule has 0 radical (unpaired) electrons. The summed E-state index contributed by atoms with van der Waals surface area (Å²) in [5.41, 5.74) is 0.0142. The van der Waals surface area contributed by atoms with Gasteiger partial charge < -0.3 is 19.3 Å². The van der Waals surface area contributed by atoms with Gasteiger partial charge in [0.1, 0.15) is 15.4 Å². The zero-order valence-corrected chi connectivity index (χ0v) is 21.9. The number of unbranched alkanes of at least 4 members (excludes halogenated alkanes) is 8. The van der Waals surface area contributed by atoms with Crippen LogP contribution in [0.1, 0.15) is 117 Å². The molecule has 0 aliphatic carbocycles. The van der Waals surface area contributed by atoms with Crippen molar-refractivity contribution in [3.8, 4) is 0 Å². The highest BCUT2D eigenvalue weighted by atomic mass is 32.1. The van der Waals surface area contributed by atoms with Crippen LogP contribution < -0.4 is 5.32 Å². The summed E-state index contributed by atoms with van der Waals surface area (Å²) in [6, 6.07) is 0. The van der Waals surface area contributed by atoms with Crippen molar-refractivity contribution in [3.05, 3.63) is 16.0 Å². The number of nitrogens with one attached hydrogen (secondary N) is 1. The SMILES string of the molecule is CCCCCCCCOC(=O)Nc1sc(C(=O)OC(C)CCCCCC)c(COC)c1C(=O)O. The molecular weight excluding hydrogens is 458 g/mol. The highest BCUT2D eigenvalue weighted by Gasteiger charge is 2.29. The number of aromatic carboxylic acids is 1. The van der Waals surface area contributed by atoms with E-state index in [1.54, 1.807) is 0 Å². The molecule has 1 aromatic heterocycles. The Morgan fingerprint density at radius 2 is 1.59 bits per heavy atom. The van der Waals surface area contributed by atoms with Crippen LogP contribution in [0.25, 0.3) is 0 Å². The maximum absolute atomic E-state index is 12.8. The van der Waals surface area contributed by atoms with E-state index < -0.39 is 18.0 Å². The summed E-state index contributed by atoms with van der Waals surface area (Å²) in [5, 5.41) is 12.3. The van der Waals surface area contributed by atoms with Gasteiger partial charge in [-0.15, -0.1) is 11.3 Å². The second-order valence-corrected chi connectivity index (χ2v) is 9.47. The number of methoxy groups -OCH3 is 1. The second-order valence-electron chi connectivity index (χ2n) is 8.45. The summed E-state index contributed by atoms with van der Waals surface area (Å²) in [7, 11) is 1.41. The molecule has 34 heavy (non-hydrogen) atoms. The molecule has 8 nitrogen and oxygen atoms in total. The van der Waals surface area contributed by atoms with E-state index in [-0.39, 0.29) is 40.3 Å². The van der Waals surface area contributed by atoms with Gasteiger partial charge in [-0.1, -0.05) is 65.2 Å². The van der Waals surface area contributed by atoms with Crippen molar-refractivity contribution in [1.82, 2.24) is 0 Å². The van der Waals surface area contributed by atoms with Gasteiger partial charge in [0.2, 0.25) is 0 Å². The topological polar surface area (TPSA) is 111 Å². The molecular formula is C25H41NO7S. The number of carbonyl (C=O) groups excluding carboxylic acids is 2. The van der Waals surface area contributed by atoms with E-state index in [0.29, 0.717) is 0 Å². The van der Waals surface area contributed by atoms with Crippen LogP contribution in [-0.2, 0) is 20.8 Å². The number of hydrogen-bond donors (Lipinski definition) is 2. The summed E-state index contributed by atoms with van der Waals surface area (Å²) < 4.78 is 15.9. The molecule has 9 heteroatoms. The van der Waals surface area contributed by atoms with Crippen LogP contribution in [-0.4, -0.2) is 43.0 Å². The van der Waals surface area contributed by atoms with E-state index in [1.807, 2.05) is 6.92 Å². The maximum atomic E-state index is 12.8. The number of rotatable bonds is 18. The van der Waals surface area contributed by atoms with Gasteiger partial charge in [-0.3, -0.25) is 5.32 Å². The molecule has 0 saturated carbocycles. The van der Waals surface area contributed by atoms with Crippen molar-refractivity contribution >= 4 is 34.4 Å². The Morgan fingerprint density at radius 1 is 0.971 bits per heavy atom. The summed E-state index contributed by atoms with van der Waals surface area (Å²) >= 11 is 0.870. The van der Waals surface area contributed by atoms with Gasteiger partial charge in [-0.25, -0.2) is 14.4 Å². The first-order chi connectivity index (χ1) is 16.3. The minimum absolute atomic E-state index is 0.0371. The van der Waals surface area contributed by atoms with Crippen LogP contribution in [0.15, 0.2) is 0 Å². The van der Waals surface area contributed by atoms with Crippen LogP contribution in [0.5, 0.6) is 0 Å². The minimum atomic E-state index is -1.26. The van der Waals surface area contributed by atoms with Crippen LogP contribution in [0.2, 0.25) is 0 Å². The lowest BCUT2D eigenvalue weighted by molar-refractivity contribution is 0.0321. The fraction of sp³-hybridized carbons (Fsp3) is 0.720. The fourth-order valence-electron chi connectivity index (χ4n) is 3.56. The minimum Gasteiger partial charge on any atom is -0.478 e. The Labute approximate surface area is 207 Å². The third kappa shape index (κ3) is 10.9. The number of anilines is 1. The number of esters is 1. The predicted molar refractivity (Wildman–Crippen MR) is 134 cm³/mol. The lowest BCUT2D eigenvalue weighted by atomic mass is 10.1. The van der Waals surface area contributed by atoms with Crippen molar-refractivity contribution in [3.63, 3.8) is 0 Å². The molecule has 0 aliphatic heterocycles. The highest BCUT2D eigenvalue weighted by molar-refractivity contribution is 7.18. The van der Waals surface area contributed by atoms with Crippen molar-refractivity contribution in [1.29, 1.82) is 0 Å². The van der Waals surface area contributed by atoms with E-state index in [1.165, 1.54) is 26.4 Å². The van der Waals surface area contributed by atoms with Crippen molar-refractivity contribution < 1.29 is 33.7 Å². The molecule has 1 aromatic rings. The average molecular weight is 500 g/mol. The summed E-state index contributed by atoms with van der Waals surface area (Å²) in [4.78, 5) is 37.2. The lowest BCUT2D eigenvalue weighted by Gasteiger charge is -2.13. The molecule has 0 aromatic carbocycles. The Kier molecular flexibility index (Phi) is 15.2. The van der Waals surface area contributed by atoms with Gasteiger partial charge in [0.25, 0.3) is 0 Å². The standard InChI is InChI=1S/C25H41NO7S/c1-5-7-9-11-12-14-16-32-25(30)26-22-20(23(27)28)19(17-31-4)21(34-22)24(29)33-18(3)15-13-10-8-6-2/h18H,5-17H2,1-4H3,(H,26,30)(H,27,28). The first kappa shape index (κ1) is 29.9. The molecule has 0 fully saturated rings. The van der Waals surface area contributed by atoms with Gasteiger partial charge in [0.15, 0.2) is 0 Å². The molecule has 1 amide bonds. The van der Waals surface area contributed by atoms with Crippen LogP contribution in [0.3, 0.4) is 0 Å². The number of thiophene rings is 1. The quantitative estimate of drug-likeness (QED) is 0.165. The number of carboxylic acid groups (broad SMARTS) is 1. The van der Waals surface area contributed by atoms with E-state index in [0.717, 1.165) is 62.7 Å². The van der Waals surface area contributed by atoms with Crippen molar-refractivity contribution in [2.45, 2.75) is 104 Å². The van der Waals surface area contributed by atoms with Gasteiger partial charge in [0.05, 0.1) is 19.3 Å². The molecule has 1 heterocycles. The molecule has 0 saturated heterocycles. The van der Waals surface area contributed by atoms with E-state index in [2.05, 4.69) is 19.2 Å². The number of carbonyl (C=O) groups is 3. The van der Waals surface area contributed by atoms with Crippen molar-refractivity contribution in [2.24, 2.45) is 0 Å². The first-order valence-corrected chi connectivity index (χ1v) is 13.2. The normalized spacial score (nSPS) is 11.8. The second kappa shape index (κ2) is 17.3. The monoisotopic (exact) mass is 499 g/mol. The van der Waals surface area contributed by atoms with Gasteiger partial charge in [-0.2, -0.15) is 0 Å². The Hall–Kier alpha value is -2.13. The van der Waals surface area contributed by atoms with Crippen molar-refractivity contribution in [2.75, 3.05) is 19.0 Å². The van der Waals surface area contributed by atoms with Crippen LogP contribution in [0.4, 0.5) is 9.80 Å². The van der Waals surface area contributed by atoms with E-state index >= 15 is 0 Å². The van der Waals surface area contributed by atoms with Gasteiger partial charge >= 0.3 is 18.0 Å². The van der Waals surface area contributed by atoms with Gasteiger partial charge in [0, 0.05) is 12.7 Å². The predicted octanol–water partition coefficient (Wildman–Crippen LogP) is 7.02. The highest BCUT2D eigenvalue weighted by Crippen LogP contribution is 2.35. The third-order valence-electron chi connectivity index (χ3n) is 5.41. The molecule has 0 bridgehead atoms. The molecule has 0 aliphatic rings. The average Bonchev–Trinajstić information content (AvgIpc) is 3.14.